The second kappa shape index (κ2) is 11.0. The smallest absolute Gasteiger partial charge is 0.412 e. The van der Waals surface area contributed by atoms with Crippen molar-refractivity contribution in [2.24, 2.45) is 0 Å². The number of hydrogen-bond acceptors (Lipinski definition) is 7. The van der Waals surface area contributed by atoms with Crippen molar-refractivity contribution in [1.29, 1.82) is 0 Å². The lowest BCUT2D eigenvalue weighted by atomic mass is 10.2. The summed E-state index contributed by atoms with van der Waals surface area (Å²) in [5, 5.41) is 5.51. The third-order valence-corrected chi connectivity index (χ3v) is 4.66. The molecule has 1 fully saturated rings. The highest BCUT2D eigenvalue weighted by atomic mass is 16.6. The molecule has 1 aromatic carbocycles. The van der Waals surface area contributed by atoms with Crippen molar-refractivity contribution in [3.8, 4) is 5.75 Å². The minimum absolute atomic E-state index is 0.351. The molecule has 2 N–H and O–H groups in total. The van der Waals surface area contributed by atoms with Gasteiger partial charge in [-0.2, -0.15) is 0 Å². The van der Waals surface area contributed by atoms with E-state index in [2.05, 4.69) is 22.1 Å². The van der Waals surface area contributed by atoms with Crippen LogP contribution < -0.4 is 20.3 Å². The van der Waals surface area contributed by atoms with Crippen molar-refractivity contribution >= 4 is 29.1 Å². The SMILES string of the molecule is C=CC(=O)Nc1cc(NC(=O)OC(C)(C)C)c(OC)cc1N(C)CCN1CCOCC1. The van der Waals surface area contributed by atoms with Gasteiger partial charge in [0.05, 0.1) is 37.4 Å². The van der Waals surface area contributed by atoms with Crippen LogP contribution in [0.3, 0.4) is 0 Å². The van der Waals surface area contributed by atoms with Crippen molar-refractivity contribution in [2.45, 2.75) is 26.4 Å². The van der Waals surface area contributed by atoms with Gasteiger partial charge in [-0.3, -0.25) is 15.0 Å². The highest BCUT2D eigenvalue weighted by Gasteiger charge is 2.21. The predicted octanol–water partition coefficient (Wildman–Crippen LogP) is 2.94. The summed E-state index contributed by atoms with van der Waals surface area (Å²) in [5.41, 5.74) is 1.04. The van der Waals surface area contributed by atoms with Crippen LogP contribution in [0.4, 0.5) is 21.9 Å². The average molecular weight is 435 g/mol. The van der Waals surface area contributed by atoms with Crippen molar-refractivity contribution in [2.75, 3.05) is 69.1 Å². The van der Waals surface area contributed by atoms with Crippen molar-refractivity contribution < 1.29 is 23.8 Å². The molecule has 0 bridgehead atoms. The van der Waals surface area contributed by atoms with E-state index in [4.69, 9.17) is 14.2 Å². The van der Waals surface area contributed by atoms with Crippen molar-refractivity contribution in [3.05, 3.63) is 24.8 Å². The fraction of sp³-hybridized carbons (Fsp3) is 0.545. The van der Waals surface area contributed by atoms with Gasteiger partial charge in [-0.1, -0.05) is 6.58 Å². The zero-order valence-electron chi connectivity index (χ0n) is 19.1. The molecule has 2 rings (SSSR count). The number of ether oxygens (including phenoxy) is 3. The molecule has 9 heteroatoms. The minimum atomic E-state index is -0.642. The van der Waals surface area contributed by atoms with Crippen molar-refractivity contribution in [3.63, 3.8) is 0 Å². The minimum Gasteiger partial charge on any atom is -0.494 e. The molecule has 0 spiro atoms. The monoisotopic (exact) mass is 434 g/mol. The molecular weight excluding hydrogens is 400 g/mol. The fourth-order valence-corrected chi connectivity index (χ4v) is 3.09. The number of benzene rings is 1. The quantitative estimate of drug-likeness (QED) is 0.608. The van der Waals surface area contributed by atoms with E-state index >= 15 is 0 Å². The Labute approximate surface area is 184 Å². The first-order valence-electron chi connectivity index (χ1n) is 10.3. The highest BCUT2D eigenvalue weighted by Crippen LogP contribution is 2.37. The van der Waals surface area contributed by atoms with E-state index in [1.165, 1.54) is 13.2 Å². The van der Waals surface area contributed by atoms with Gasteiger partial charge in [-0.05, 0) is 32.9 Å². The number of morpholine rings is 1. The van der Waals surface area contributed by atoms with Crippen LogP contribution in [0.5, 0.6) is 5.75 Å². The van der Waals surface area contributed by atoms with Gasteiger partial charge in [-0.25, -0.2) is 4.79 Å². The predicted molar refractivity (Wildman–Crippen MR) is 122 cm³/mol. The van der Waals surface area contributed by atoms with Crippen LogP contribution in [-0.4, -0.2) is 76.1 Å². The number of likely N-dealkylation sites (N-methyl/N-ethyl adjacent to an activating group) is 1. The van der Waals surface area contributed by atoms with Gasteiger partial charge in [0.2, 0.25) is 5.91 Å². The first-order chi connectivity index (χ1) is 14.6. The van der Waals surface area contributed by atoms with Crippen molar-refractivity contribution in [1.82, 2.24) is 4.90 Å². The molecule has 0 aromatic heterocycles. The molecule has 1 aromatic rings. The van der Waals surface area contributed by atoms with E-state index < -0.39 is 11.7 Å². The number of anilines is 3. The summed E-state index contributed by atoms with van der Waals surface area (Å²) >= 11 is 0. The molecule has 1 aliphatic heterocycles. The molecule has 9 nitrogen and oxygen atoms in total. The second-order valence-corrected chi connectivity index (χ2v) is 8.27. The average Bonchev–Trinajstić information content (AvgIpc) is 2.71. The summed E-state index contributed by atoms with van der Waals surface area (Å²) in [6.07, 6.45) is 0.586. The lowest BCUT2D eigenvalue weighted by molar-refractivity contribution is -0.111. The summed E-state index contributed by atoms with van der Waals surface area (Å²) < 4.78 is 16.2. The van der Waals surface area contributed by atoms with Crippen LogP contribution in [0.25, 0.3) is 0 Å². The molecule has 172 valence electrons. The van der Waals surface area contributed by atoms with E-state index in [-0.39, 0.29) is 5.91 Å². The van der Waals surface area contributed by atoms with Gasteiger partial charge in [0.25, 0.3) is 0 Å². The summed E-state index contributed by atoms with van der Waals surface area (Å²) in [6.45, 7) is 13.7. The van der Waals surface area contributed by atoms with Crippen LogP contribution in [0.2, 0.25) is 0 Å². The number of nitrogens with zero attached hydrogens (tertiary/aromatic N) is 2. The van der Waals surface area contributed by atoms with E-state index in [1.807, 2.05) is 11.9 Å². The number of hydrogen-bond donors (Lipinski definition) is 2. The highest BCUT2D eigenvalue weighted by molar-refractivity contribution is 6.02. The van der Waals surface area contributed by atoms with Gasteiger partial charge in [0.15, 0.2) is 0 Å². The maximum atomic E-state index is 12.3. The van der Waals surface area contributed by atoms with E-state index in [0.717, 1.165) is 45.1 Å². The molecule has 1 aliphatic rings. The first-order valence-corrected chi connectivity index (χ1v) is 10.3. The van der Waals surface area contributed by atoms with Crippen LogP contribution in [0, 0.1) is 0 Å². The number of methoxy groups -OCH3 is 1. The van der Waals surface area contributed by atoms with Crippen LogP contribution in [0.1, 0.15) is 20.8 Å². The van der Waals surface area contributed by atoms with Crippen LogP contribution >= 0.6 is 0 Å². The third kappa shape index (κ3) is 7.76. The first kappa shape index (κ1) is 24.5. The molecule has 31 heavy (non-hydrogen) atoms. The topological polar surface area (TPSA) is 92.4 Å². The Bertz CT molecular complexity index is 785. The van der Waals surface area contributed by atoms with Gasteiger partial charge in [0.1, 0.15) is 11.4 Å². The van der Waals surface area contributed by atoms with Crippen LogP contribution in [-0.2, 0) is 14.3 Å². The van der Waals surface area contributed by atoms with Gasteiger partial charge < -0.3 is 24.4 Å². The van der Waals surface area contributed by atoms with Gasteiger partial charge in [-0.15, -0.1) is 0 Å². The molecule has 0 radical (unpaired) electrons. The summed E-state index contributed by atoms with van der Waals surface area (Å²) in [6, 6.07) is 3.44. The normalized spacial score (nSPS) is 14.5. The maximum absolute atomic E-state index is 12.3. The number of carbonyl (C=O) groups is 2. The second-order valence-electron chi connectivity index (χ2n) is 8.27. The summed E-state index contributed by atoms with van der Waals surface area (Å²) in [7, 11) is 3.47. The Morgan fingerprint density at radius 1 is 1.23 bits per heavy atom. The van der Waals surface area contributed by atoms with Crippen LogP contribution in [0.15, 0.2) is 24.8 Å². The number of amides is 2. The molecule has 0 saturated carbocycles. The van der Waals surface area contributed by atoms with E-state index in [9.17, 15) is 9.59 Å². The lowest BCUT2D eigenvalue weighted by Crippen LogP contribution is -2.40. The Morgan fingerprint density at radius 2 is 1.90 bits per heavy atom. The molecule has 0 atom stereocenters. The Morgan fingerprint density at radius 3 is 2.48 bits per heavy atom. The molecule has 2 amide bonds. The Kier molecular flexibility index (Phi) is 8.70. The third-order valence-electron chi connectivity index (χ3n) is 4.66. The number of nitrogens with one attached hydrogen (secondary N) is 2. The van der Waals surface area contributed by atoms with Gasteiger partial charge in [0, 0.05) is 39.3 Å². The zero-order valence-corrected chi connectivity index (χ0v) is 19.1. The fourth-order valence-electron chi connectivity index (χ4n) is 3.09. The molecule has 0 aliphatic carbocycles. The molecule has 0 unspecified atom stereocenters. The zero-order chi connectivity index (χ0) is 23.0. The van der Waals surface area contributed by atoms with Gasteiger partial charge >= 0.3 is 6.09 Å². The maximum Gasteiger partial charge on any atom is 0.412 e. The largest absolute Gasteiger partial charge is 0.494 e. The summed E-state index contributed by atoms with van der Waals surface area (Å²) in [4.78, 5) is 28.7. The lowest BCUT2D eigenvalue weighted by Gasteiger charge is -2.30. The standard InChI is InChI=1S/C22H34N4O5/c1-7-20(27)23-16-14-17(24-21(28)31-22(2,3)4)19(29-6)15-18(16)25(5)8-9-26-10-12-30-13-11-26/h7,14-15H,1,8-13H2,2-6H3,(H,23,27)(H,24,28). The Hall–Kier alpha value is -2.78. The molecule has 1 heterocycles. The van der Waals surface area contributed by atoms with E-state index in [0.29, 0.717) is 17.1 Å². The molecule has 1 saturated heterocycles. The Balaban J connectivity index is 2.26. The number of rotatable bonds is 8. The number of carbonyl (C=O) groups excluding carboxylic acids is 2. The summed E-state index contributed by atoms with van der Waals surface area (Å²) in [5.74, 6) is 0.104. The van der Waals surface area contributed by atoms with E-state index in [1.54, 1.807) is 32.9 Å². The molecular formula is C22H34N4O5.